The van der Waals surface area contributed by atoms with Crippen molar-refractivity contribution in [2.45, 2.75) is 18.9 Å². The molecule has 0 saturated carbocycles. The van der Waals surface area contributed by atoms with Crippen LogP contribution in [-0.4, -0.2) is 26.2 Å². The first-order valence-corrected chi connectivity index (χ1v) is 2.63. The van der Waals surface area contributed by atoms with Crippen molar-refractivity contribution in [2.75, 3.05) is 13.7 Å². The van der Waals surface area contributed by atoms with Crippen LogP contribution >= 0.6 is 0 Å². The molecule has 0 N–H and O–H groups in total. The first-order chi connectivity index (χ1) is 3.84. The van der Waals surface area contributed by atoms with Gasteiger partial charge in [0.25, 0.3) is 0 Å². The third-order valence-corrected chi connectivity index (χ3v) is 1.20. The zero-order valence-corrected chi connectivity index (χ0v) is 4.76. The lowest BCUT2D eigenvalue weighted by atomic mass is 10.3. The van der Waals surface area contributed by atoms with Crippen LogP contribution in [0.15, 0.2) is 0 Å². The van der Waals surface area contributed by atoms with Crippen LogP contribution in [0.1, 0.15) is 6.42 Å². The van der Waals surface area contributed by atoms with Crippen LogP contribution in [0.2, 0.25) is 0 Å². The largest absolute Gasteiger partial charge is 0.353 e. The van der Waals surface area contributed by atoms with Crippen LogP contribution in [0.3, 0.4) is 0 Å². The normalized spacial score (nSPS) is 38.2. The molecule has 8 heavy (non-hydrogen) atoms. The molecule has 2 nitrogen and oxygen atoms in total. The minimum atomic E-state index is -0.917. The van der Waals surface area contributed by atoms with Gasteiger partial charge in [-0.1, -0.05) is 0 Å². The van der Waals surface area contributed by atoms with Gasteiger partial charge in [0.15, 0.2) is 12.5 Å². The van der Waals surface area contributed by atoms with E-state index in [0.29, 0.717) is 13.0 Å². The number of rotatable bonds is 1. The fraction of sp³-hybridized carbons (Fsp3) is 1.00. The summed E-state index contributed by atoms with van der Waals surface area (Å²) in [6, 6.07) is 0. The Morgan fingerprint density at radius 3 is 2.75 bits per heavy atom. The molecule has 0 aromatic rings. The summed E-state index contributed by atoms with van der Waals surface area (Å²) >= 11 is 0. The molecule has 0 aromatic carbocycles. The Morgan fingerprint density at radius 1 is 1.75 bits per heavy atom. The highest BCUT2D eigenvalue weighted by Crippen LogP contribution is 2.16. The van der Waals surface area contributed by atoms with Gasteiger partial charge in [-0.2, -0.15) is 0 Å². The highest BCUT2D eigenvalue weighted by molar-refractivity contribution is 4.66. The first-order valence-electron chi connectivity index (χ1n) is 2.63. The second kappa shape index (κ2) is 2.42. The molecule has 3 heteroatoms. The fourth-order valence-electron chi connectivity index (χ4n) is 0.753. The predicted octanol–water partition coefficient (Wildman–Crippen LogP) is 0.717. The second-order valence-corrected chi connectivity index (χ2v) is 1.78. The average Bonchev–Trinajstić information content (AvgIpc) is 2.14. The number of halogens is 1. The molecule has 1 rings (SSSR count). The highest BCUT2D eigenvalue weighted by atomic mass is 19.1. The summed E-state index contributed by atoms with van der Waals surface area (Å²) in [6.45, 7) is 0.486. The molecule has 2 unspecified atom stereocenters. The highest BCUT2D eigenvalue weighted by Gasteiger charge is 2.27. The Kier molecular flexibility index (Phi) is 1.81. The SMILES string of the molecule is COC1OCCC1F. The number of hydrogen-bond acceptors (Lipinski definition) is 2. The van der Waals surface area contributed by atoms with Gasteiger partial charge >= 0.3 is 0 Å². The van der Waals surface area contributed by atoms with E-state index in [1.54, 1.807) is 0 Å². The third kappa shape index (κ3) is 0.980. The Hall–Kier alpha value is -0.150. The Balaban J connectivity index is 2.30. The minimum Gasteiger partial charge on any atom is -0.353 e. The topological polar surface area (TPSA) is 18.5 Å². The molecule has 0 radical (unpaired) electrons. The average molecular weight is 120 g/mol. The molecule has 0 bridgehead atoms. The molecule has 0 spiro atoms. The van der Waals surface area contributed by atoms with Crippen LogP contribution in [0, 0.1) is 0 Å². The van der Waals surface area contributed by atoms with E-state index in [9.17, 15) is 4.39 Å². The molecule has 1 aliphatic rings. The molecule has 1 aliphatic heterocycles. The molecule has 1 fully saturated rings. The van der Waals surface area contributed by atoms with Gasteiger partial charge in [0.1, 0.15) is 0 Å². The lowest BCUT2D eigenvalue weighted by Gasteiger charge is -2.07. The van der Waals surface area contributed by atoms with Crippen molar-refractivity contribution < 1.29 is 13.9 Å². The molecule has 0 amide bonds. The summed E-state index contributed by atoms with van der Waals surface area (Å²) in [5, 5.41) is 0. The zero-order valence-electron chi connectivity index (χ0n) is 4.76. The monoisotopic (exact) mass is 120 g/mol. The molecule has 1 saturated heterocycles. The van der Waals surface area contributed by atoms with Gasteiger partial charge in [0.05, 0.1) is 6.61 Å². The van der Waals surface area contributed by atoms with E-state index in [4.69, 9.17) is 4.74 Å². The summed E-state index contributed by atoms with van der Waals surface area (Å²) in [6.07, 6.45) is -1.05. The summed E-state index contributed by atoms with van der Waals surface area (Å²) in [5.41, 5.74) is 0. The van der Waals surface area contributed by atoms with Gasteiger partial charge in [-0.15, -0.1) is 0 Å². The lowest BCUT2D eigenvalue weighted by Crippen LogP contribution is -2.18. The van der Waals surface area contributed by atoms with Gasteiger partial charge in [-0.25, -0.2) is 4.39 Å². The van der Waals surface area contributed by atoms with E-state index in [1.807, 2.05) is 0 Å². The molecule has 0 aromatic heterocycles. The van der Waals surface area contributed by atoms with Crippen molar-refractivity contribution in [3.05, 3.63) is 0 Å². The van der Waals surface area contributed by atoms with Gasteiger partial charge in [-0.05, 0) is 0 Å². The molecular formula is C5H9FO2. The smallest absolute Gasteiger partial charge is 0.188 e. The van der Waals surface area contributed by atoms with E-state index in [0.717, 1.165) is 0 Å². The third-order valence-electron chi connectivity index (χ3n) is 1.20. The first kappa shape index (κ1) is 5.98. The van der Waals surface area contributed by atoms with Gasteiger partial charge < -0.3 is 9.47 Å². The number of ether oxygens (including phenoxy) is 2. The molecule has 48 valence electrons. The number of methoxy groups -OCH3 is 1. The summed E-state index contributed by atoms with van der Waals surface area (Å²) < 4.78 is 21.8. The number of alkyl halides is 1. The van der Waals surface area contributed by atoms with E-state index in [1.165, 1.54) is 7.11 Å². The van der Waals surface area contributed by atoms with Gasteiger partial charge in [0.2, 0.25) is 0 Å². The van der Waals surface area contributed by atoms with Crippen LogP contribution in [-0.2, 0) is 9.47 Å². The number of hydrogen-bond donors (Lipinski definition) is 0. The molecule has 0 aliphatic carbocycles. The van der Waals surface area contributed by atoms with Crippen molar-refractivity contribution in [3.8, 4) is 0 Å². The predicted molar refractivity (Wildman–Crippen MR) is 26.3 cm³/mol. The minimum absolute atomic E-state index is 0.471. The van der Waals surface area contributed by atoms with E-state index >= 15 is 0 Å². The standard InChI is InChI=1S/C5H9FO2/c1-7-5-4(6)2-3-8-5/h4-5H,2-3H2,1H3. The Bertz CT molecular complexity index is 76.8. The molecule has 2 atom stereocenters. The van der Waals surface area contributed by atoms with Crippen molar-refractivity contribution >= 4 is 0 Å². The van der Waals surface area contributed by atoms with Crippen LogP contribution in [0.5, 0.6) is 0 Å². The zero-order chi connectivity index (χ0) is 5.98. The Morgan fingerprint density at radius 2 is 2.50 bits per heavy atom. The maximum Gasteiger partial charge on any atom is 0.188 e. The maximum absolute atomic E-state index is 12.3. The maximum atomic E-state index is 12.3. The lowest BCUT2D eigenvalue weighted by molar-refractivity contribution is -0.114. The summed E-state index contributed by atoms with van der Waals surface area (Å²) in [7, 11) is 1.45. The quantitative estimate of drug-likeness (QED) is 0.507. The van der Waals surface area contributed by atoms with Crippen molar-refractivity contribution in [1.82, 2.24) is 0 Å². The summed E-state index contributed by atoms with van der Waals surface area (Å²) in [5.74, 6) is 0. The van der Waals surface area contributed by atoms with Gasteiger partial charge in [0, 0.05) is 13.5 Å². The van der Waals surface area contributed by atoms with Crippen molar-refractivity contribution in [3.63, 3.8) is 0 Å². The Labute approximate surface area is 47.6 Å². The molecule has 1 heterocycles. The van der Waals surface area contributed by atoms with E-state index < -0.39 is 12.5 Å². The van der Waals surface area contributed by atoms with E-state index in [2.05, 4.69) is 4.74 Å². The van der Waals surface area contributed by atoms with E-state index in [-0.39, 0.29) is 0 Å². The summed E-state index contributed by atoms with van der Waals surface area (Å²) in [4.78, 5) is 0. The van der Waals surface area contributed by atoms with Crippen LogP contribution in [0.4, 0.5) is 4.39 Å². The van der Waals surface area contributed by atoms with Crippen molar-refractivity contribution in [2.24, 2.45) is 0 Å². The van der Waals surface area contributed by atoms with Crippen molar-refractivity contribution in [1.29, 1.82) is 0 Å². The second-order valence-electron chi connectivity index (χ2n) is 1.78. The molecular weight excluding hydrogens is 111 g/mol. The van der Waals surface area contributed by atoms with Crippen LogP contribution in [0.25, 0.3) is 0 Å². The van der Waals surface area contributed by atoms with Gasteiger partial charge in [-0.3, -0.25) is 0 Å². The fourth-order valence-corrected chi connectivity index (χ4v) is 0.753. The van der Waals surface area contributed by atoms with Crippen LogP contribution < -0.4 is 0 Å².